The molecule has 2 N–H and O–H groups in total. The lowest BCUT2D eigenvalue weighted by Crippen LogP contribution is -2.45. The summed E-state index contributed by atoms with van der Waals surface area (Å²) in [6.07, 6.45) is 6.38. The summed E-state index contributed by atoms with van der Waals surface area (Å²) in [5.41, 5.74) is 9.86. The highest BCUT2D eigenvalue weighted by Gasteiger charge is 2.54. The van der Waals surface area contributed by atoms with Crippen LogP contribution in [0.1, 0.15) is 41.0 Å². The third-order valence-electron chi connectivity index (χ3n) is 7.06. The van der Waals surface area contributed by atoms with Crippen LogP contribution in [0.25, 0.3) is 21.9 Å². The van der Waals surface area contributed by atoms with Gasteiger partial charge in [-0.2, -0.15) is 0 Å². The Balaban J connectivity index is 1.49. The Morgan fingerprint density at radius 1 is 0.970 bits per heavy atom. The van der Waals surface area contributed by atoms with E-state index in [1.165, 1.54) is 0 Å². The summed E-state index contributed by atoms with van der Waals surface area (Å²) < 4.78 is 0. The average Bonchev–Trinajstić information content (AvgIpc) is 3.07. The highest BCUT2D eigenvalue weighted by molar-refractivity contribution is 6.09. The number of hydrogen-bond donors (Lipinski definition) is 1. The van der Waals surface area contributed by atoms with Crippen molar-refractivity contribution >= 4 is 28.3 Å². The van der Waals surface area contributed by atoms with Crippen LogP contribution in [0.4, 0.5) is 5.69 Å². The number of aromatic nitrogens is 2. The number of benzene rings is 2. The molecule has 0 atom stereocenters. The van der Waals surface area contributed by atoms with Crippen molar-refractivity contribution in [1.29, 1.82) is 0 Å². The monoisotopic (exact) mass is 434 g/mol. The van der Waals surface area contributed by atoms with Crippen LogP contribution in [0.2, 0.25) is 0 Å². The molecule has 6 rings (SSSR count). The number of amides is 2. The molecule has 0 bridgehead atoms. The van der Waals surface area contributed by atoms with Gasteiger partial charge in [0.15, 0.2) is 0 Å². The third-order valence-corrected chi connectivity index (χ3v) is 7.06. The van der Waals surface area contributed by atoms with Crippen molar-refractivity contribution in [2.75, 3.05) is 4.90 Å². The van der Waals surface area contributed by atoms with E-state index in [1.54, 1.807) is 12.3 Å². The van der Waals surface area contributed by atoms with Crippen molar-refractivity contribution in [3.05, 3.63) is 90.0 Å². The number of nitrogens with zero attached hydrogens (tertiary/aromatic N) is 3. The lowest BCUT2D eigenvalue weighted by atomic mass is 9.65. The molecule has 2 aliphatic rings. The molecule has 162 valence electrons. The molecule has 1 saturated carbocycles. The van der Waals surface area contributed by atoms with Crippen LogP contribution in [0, 0.1) is 0 Å². The fourth-order valence-electron chi connectivity index (χ4n) is 5.25. The molecule has 0 radical (unpaired) electrons. The Bertz CT molecular complexity index is 1420. The molecule has 33 heavy (non-hydrogen) atoms. The normalized spacial score (nSPS) is 16.1. The Labute approximate surface area is 191 Å². The van der Waals surface area contributed by atoms with E-state index in [-0.39, 0.29) is 17.0 Å². The van der Waals surface area contributed by atoms with Crippen LogP contribution >= 0.6 is 0 Å². The van der Waals surface area contributed by atoms with Crippen molar-refractivity contribution in [3.8, 4) is 11.1 Å². The van der Waals surface area contributed by atoms with Gasteiger partial charge in [0, 0.05) is 34.6 Å². The fraction of sp³-hybridized carbons (Fsp3) is 0.185. The van der Waals surface area contributed by atoms with Crippen LogP contribution in [0.3, 0.4) is 0 Å². The second kappa shape index (κ2) is 7.24. The van der Waals surface area contributed by atoms with E-state index < -0.39 is 5.91 Å². The lowest BCUT2D eigenvalue weighted by molar-refractivity contribution is -0.126. The van der Waals surface area contributed by atoms with Crippen LogP contribution in [0.5, 0.6) is 0 Å². The zero-order chi connectivity index (χ0) is 22.6. The molecule has 6 nitrogen and oxygen atoms in total. The maximum Gasteiger partial charge on any atom is 0.267 e. The minimum Gasteiger partial charge on any atom is -0.364 e. The highest BCUT2D eigenvalue weighted by atomic mass is 16.2. The van der Waals surface area contributed by atoms with Crippen LogP contribution in [0.15, 0.2) is 73.1 Å². The van der Waals surface area contributed by atoms with E-state index in [1.807, 2.05) is 59.6 Å². The molecule has 2 amide bonds. The van der Waals surface area contributed by atoms with Gasteiger partial charge in [0.2, 0.25) is 5.91 Å². The number of pyridine rings is 2. The van der Waals surface area contributed by atoms with Crippen molar-refractivity contribution < 1.29 is 9.59 Å². The zero-order valence-corrected chi connectivity index (χ0v) is 18.0. The second-order valence-electron chi connectivity index (χ2n) is 8.81. The summed E-state index contributed by atoms with van der Waals surface area (Å²) >= 11 is 0. The van der Waals surface area contributed by atoms with Crippen molar-refractivity contribution in [2.45, 2.75) is 31.2 Å². The highest BCUT2D eigenvalue weighted by Crippen LogP contribution is 2.53. The van der Waals surface area contributed by atoms with Gasteiger partial charge in [-0.05, 0) is 35.9 Å². The number of fused-ring (bicyclic) bond motifs is 3. The summed E-state index contributed by atoms with van der Waals surface area (Å²) in [5.74, 6) is -0.402. The summed E-state index contributed by atoms with van der Waals surface area (Å²) in [7, 11) is 0. The van der Waals surface area contributed by atoms with Gasteiger partial charge in [0.05, 0.1) is 17.7 Å². The molecule has 1 fully saturated rings. The number of nitrogens with two attached hydrogens (primary N) is 1. The van der Waals surface area contributed by atoms with Gasteiger partial charge < -0.3 is 10.6 Å². The smallest absolute Gasteiger partial charge is 0.267 e. The standard InChI is InChI=1S/C27H22N4O2/c28-25(32)21-11-10-18(15-29-21)24-19-7-2-1-6-17(19)14-30-22(24)16-31-23-9-4-3-8-20(23)27(26(31)33)12-5-13-27/h1-4,6-11,14-15H,5,12-13,16H2,(H2,28,32). The van der Waals surface area contributed by atoms with Crippen LogP contribution in [-0.4, -0.2) is 21.8 Å². The number of hydrogen-bond acceptors (Lipinski definition) is 4. The van der Waals surface area contributed by atoms with E-state index in [0.717, 1.165) is 58.1 Å². The first-order chi connectivity index (χ1) is 16.1. The summed E-state index contributed by atoms with van der Waals surface area (Å²) in [5, 5.41) is 2.02. The summed E-state index contributed by atoms with van der Waals surface area (Å²) in [4.78, 5) is 36.1. The van der Waals surface area contributed by atoms with Crippen LogP contribution in [-0.2, 0) is 16.8 Å². The number of carbonyl (C=O) groups excluding carboxylic acids is 2. The number of anilines is 1. The van der Waals surface area contributed by atoms with Gasteiger partial charge in [0.25, 0.3) is 5.91 Å². The van der Waals surface area contributed by atoms with E-state index >= 15 is 0 Å². The lowest BCUT2D eigenvalue weighted by Gasteiger charge is -2.37. The van der Waals surface area contributed by atoms with E-state index in [2.05, 4.69) is 11.1 Å². The van der Waals surface area contributed by atoms with Gasteiger partial charge in [-0.25, -0.2) is 0 Å². The molecule has 4 aromatic rings. The molecule has 0 unspecified atom stereocenters. The minimum absolute atomic E-state index is 0.165. The van der Waals surface area contributed by atoms with E-state index in [9.17, 15) is 9.59 Å². The molecule has 2 aromatic carbocycles. The zero-order valence-electron chi connectivity index (χ0n) is 18.0. The fourth-order valence-corrected chi connectivity index (χ4v) is 5.25. The Morgan fingerprint density at radius 3 is 2.48 bits per heavy atom. The van der Waals surface area contributed by atoms with E-state index in [4.69, 9.17) is 10.7 Å². The van der Waals surface area contributed by atoms with Crippen LogP contribution < -0.4 is 10.6 Å². The summed E-state index contributed by atoms with van der Waals surface area (Å²) in [6.45, 7) is 0.370. The molecular weight excluding hydrogens is 412 g/mol. The number of carbonyl (C=O) groups is 2. The first-order valence-electron chi connectivity index (χ1n) is 11.1. The Kier molecular flexibility index (Phi) is 4.30. The van der Waals surface area contributed by atoms with Gasteiger partial charge in [0.1, 0.15) is 5.69 Å². The first-order valence-corrected chi connectivity index (χ1v) is 11.1. The van der Waals surface area contributed by atoms with Gasteiger partial charge in [-0.15, -0.1) is 0 Å². The van der Waals surface area contributed by atoms with Crippen molar-refractivity contribution in [1.82, 2.24) is 9.97 Å². The average molecular weight is 434 g/mol. The molecule has 1 aliphatic heterocycles. The molecule has 1 aliphatic carbocycles. The van der Waals surface area contributed by atoms with E-state index in [0.29, 0.717) is 6.54 Å². The van der Waals surface area contributed by atoms with Gasteiger partial charge in [-0.1, -0.05) is 55.0 Å². The number of para-hydroxylation sites is 1. The Morgan fingerprint density at radius 2 is 1.76 bits per heavy atom. The minimum atomic E-state index is -0.567. The molecule has 2 aromatic heterocycles. The van der Waals surface area contributed by atoms with Crippen molar-refractivity contribution in [2.24, 2.45) is 5.73 Å². The van der Waals surface area contributed by atoms with Gasteiger partial charge in [-0.3, -0.25) is 19.6 Å². The Hall–Kier alpha value is -4.06. The summed E-state index contributed by atoms with van der Waals surface area (Å²) in [6, 6.07) is 19.6. The maximum atomic E-state index is 13.6. The molecular formula is C27H22N4O2. The topological polar surface area (TPSA) is 89.2 Å². The quantitative estimate of drug-likeness (QED) is 0.517. The largest absolute Gasteiger partial charge is 0.364 e. The number of primary amides is 1. The van der Waals surface area contributed by atoms with Crippen molar-refractivity contribution in [3.63, 3.8) is 0 Å². The second-order valence-corrected chi connectivity index (χ2v) is 8.81. The molecule has 1 spiro atoms. The maximum absolute atomic E-state index is 13.6. The predicted octanol–water partition coefficient (Wildman–Crippen LogP) is 4.36. The van der Waals surface area contributed by atoms with Gasteiger partial charge >= 0.3 is 0 Å². The molecule has 3 heterocycles. The molecule has 6 heteroatoms. The number of rotatable bonds is 4. The third kappa shape index (κ3) is 2.87. The molecule has 0 saturated heterocycles. The SMILES string of the molecule is NC(=O)c1ccc(-c2c(CN3C(=O)C4(CCC4)c4ccccc43)ncc3ccccc23)cn1. The first kappa shape index (κ1) is 19.6. The predicted molar refractivity (Wildman–Crippen MR) is 127 cm³/mol.